The second-order valence-electron chi connectivity index (χ2n) is 8.12. The first-order valence-electron chi connectivity index (χ1n) is 9.34. The SMILES string of the molecule is CCCCC(C)(C)CCCCC(C)C(C)C(C)CCC. The number of unbranched alkanes of at least 4 members (excludes halogenated alkanes) is 2. The fraction of sp³-hybridized carbons (Fsp3) is 1.00. The van der Waals surface area contributed by atoms with Crippen molar-refractivity contribution in [2.45, 2.75) is 106 Å². The van der Waals surface area contributed by atoms with Gasteiger partial charge in [-0.15, -0.1) is 0 Å². The molecule has 0 aliphatic carbocycles. The first-order chi connectivity index (χ1) is 9.34. The van der Waals surface area contributed by atoms with Gasteiger partial charge in [0, 0.05) is 0 Å². The van der Waals surface area contributed by atoms with E-state index in [1.807, 2.05) is 0 Å². The van der Waals surface area contributed by atoms with Crippen LogP contribution in [0.3, 0.4) is 0 Å². The molecule has 0 bridgehead atoms. The van der Waals surface area contributed by atoms with E-state index in [0.717, 1.165) is 17.8 Å². The van der Waals surface area contributed by atoms with E-state index < -0.39 is 0 Å². The second kappa shape index (κ2) is 10.7. The van der Waals surface area contributed by atoms with Crippen LogP contribution in [0.2, 0.25) is 0 Å². The van der Waals surface area contributed by atoms with Crippen LogP contribution in [0.5, 0.6) is 0 Å². The third-order valence-corrected chi connectivity index (χ3v) is 5.51. The maximum absolute atomic E-state index is 2.47. The third-order valence-electron chi connectivity index (χ3n) is 5.51. The number of hydrogen-bond acceptors (Lipinski definition) is 0. The molecule has 0 saturated carbocycles. The highest BCUT2D eigenvalue weighted by Crippen LogP contribution is 2.32. The molecule has 3 unspecified atom stereocenters. The molecule has 0 saturated heterocycles. The Balaban J connectivity index is 3.83. The van der Waals surface area contributed by atoms with Gasteiger partial charge < -0.3 is 0 Å². The molecule has 0 heteroatoms. The molecule has 0 N–H and O–H groups in total. The molecule has 0 heterocycles. The fourth-order valence-electron chi connectivity index (χ4n) is 3.39. The van der Waals surface area contributed by atoms with Gasteiger partial charge in [0.15, 0.2) is 0 Å². The molecule has 0 aliphatic heterocycles. The summed E-state index contributed by atoms with van der Waals surface area (Å²) < 4.78 is 0. The van der Waals surface area contributed by atoms with Crippen molar-refractivity contribution in [3.05, 3.63) is 0 Å². The van der Waals surface area contributed by atoms with Crippen LogP contribution in [0, 0.1) is 23.2 Å². The zero-order chi connectivity index (χ0) is 15.6. The molecule has 0 rings (SSSR count). The summed E-state index contributed by atoms with van der Waals surface area (Å²) >= 11 is 0. The van der Waals surface area contributed by atoms with E-state index in [1.54, 1.807) is 0 Å². The van der Waals surface area contributed by atoms with Crippen molar-refractivity contribution in [2.24, 2.45) is 23.2 Å². The molecule has 0 aromatic carbocycles. The Morgan fingerprint density at radius 2 is 1.25 bits per heavy atom. The van der Waals surface area contributed by atoms with Gasteiger partial charge in [0.2, 0.25) is 0 Å². The minimum atomic E-state index is 0.570. The van der Waals surface area contributed by atoms with E-state index in [2.05, 4.69) is 48.5 Å². The molecule has 0 nitrogen and oxygen atoms in total. The summed E-state index contributed by atoms with van der Waals surface area (Å²) in [5.41, 5.74) is 0.570. The molecule has 0 spiro atoms. The van der Waals surface area contributed by atoms with Crippen LogP contribution < -0.4 is 0 Å². The summed E-state index contributed by atoms with van der Waals surface area (Å²) in [7, 11) is 0. The monoisotopic (exact) mass is 282 g/mol. The van der Waals surface area contributed by atoms with Gasteiger partial charge >= 0.3 is 0 Å². The minimum absolute atomic E-state index is 0.570. The highest BCUT2D eigenvalue weighted by molar-refractivity contribution is 4.71. The van der Waals surface area contributed by atoms with Crippen molar-refractivity contribution in [1.82, 2.24) is 0 Å². The highest BCUT2D eigenvalue weighted by atomic mass is 14.3. The van der Waals surface area contributed by atoms with Crippen molar-refractivity contribution < 1.29 is 0 Å². The molecule has 0 aromatic heterocycles. The first kappa shape index (κ1) is 20.0. The van der Waals surface area contributed by atoms with Crippen molar-refractivity contribution in [3.8, 4) is 0 Å². The van der Waals surface area contributed by atoms with E-state index in [1.165, 1.54) is 57.8 Å². The Kier molecular flexibility index (Phi) is 10.7. The number of hydrogen-bond donors (Lipinski definition) is 0. The molecule has 0 fully saturated rings. The lowest BCUT2D eigenvalue weighted by molar-refractivity contribution is 0.238. The van der Waals surface area contributed by atoms with Gasteiger partial charge in [-0.3, -0.25) is 0 Å². The summed E-state index contributed by atoms with van der Waals surface area (Å²) in [6.07, 6.45) is 12.6. The quantitative estimate of drug-likeness (QED) is 0.326. The average Bonchev–Trinajstić information content (AvgIpc) is 2.40. The lowest BCUT2D eigenvalue weighted by atomic mass is 9.78. The Morgan fingerprint density at radius 3 is 1.80 bits per heavy atom. The smallest absolute Gasteiger partial charge is 0.0354 e. The zero-order valence-corrected chi connectivity index (χ0v) is 15.6. The molecular formula is C20H42. The van der Waals surface area contributed by atoms with Gasteiger partial charge in [-0.1, -0.05) is 93.4 Å². The van der Waals surface area contributed by atoms with Crippen LogP contribution in [0.15, 0.2) is 0 Å². The van der Waals surface area contributed by atoms with E-state index in [4.69, 9.17) is 0 Å². The predicted molar refractivity (Wildman–Crippen MR) is 94.2 cm³/mol. The van der Waals surface area contributed by atoms with Gasteiger partial charge in [0.05, 0.1) is 0 Å². The molecule has 0 amide bonds. The topological polar surface area (TPSA) is 0 Å². The molecule has 0 aromatic rings. The maximum atomic E-state index is 2.47. The summed E-state index contributed by atoms with van der Waals surface area (Å²) in [4.78, 5) is 0. The molecule has 122 valence electrons. The van der Waals surface area contributed by atoms with E-state index in [-0.39, 0.29) is 0 Å². The van der Waals surface area contributed by atoms with Gasteiger partial charge in [0.25, 0.3) is 0 Å². The van der Waals surface area contributed by atoms with Gasteiger partial charge in [-0.25, -0.2) is 0 Å². The van der Waals surface area contributed by atoms with Crippen LogP contribution in [-0.4, -0.2) is 0 Å². The lowest BCUT2D eigenvalue weighted by Crippen LogP contribution is -2.17. The van der Waals surface area contributed by atoms with Crippen LogP contribution in [0.25, 0.3) is 0 Å². The third kappa shape index (κ3) is 9.03. The van der Waals surface area contributed by atoms with Crippen LogP contribution in [0.1, 0.15) is 106 Å². The summed E-state index contributed by atoms with van der Waals surface area (Å²) in [5, 5.41) is 0. The second-order valence-corrected chi connectivity index (χ2v) is 8.12. The molecule has 20 heavy (non-hydrogen) atoms. The summed E-state index contributed by atoms with van der Waals surface area (Å²) in [5.74, 6) is 2.69. The summed E-state index contributed by atoms with van der Waals surface area (Å²) in [6.45, 7) is 16.9. The average molecular weight is 283 g/mol. The Hall–Kier alpha value is 0. The lowest BCUT2D eigenvalue weighted by Gasteiger charge is -2.27. The highest BCUT2D eigenvalue weighted by Gasteiger charge is 2.19. The largest absolute Gasteiger partial charge is 0.0654 e. The molecule has 0 aliphatic rings. The Morgan fingerprint density at radius 1 is 0.700 bits per heavy atom. The van der Waals surface area contributed by atoms with Crippen molar-refractivity contribution in [3.63, 3.8) is 0 Å². The first-order valence-corrected chi connectivity index (χ1v) is 9.34. The van der Waals surface area contributed by atoms with Crippen LogP contribution >= 0.6 is 0 Å². The number of rotatable bonds is 12. The van der Waals surface area contributed by atoms with Gasteiger partial charge in [0.1, 0.15) is 0 Å². The van der Waals surface area contributed by atoms with Crippen LogP contribution in [-0.2, 0) is 0 Å². The molecule has 3 atom stereocenters. The maximum Gasteiger partial charge on any atom is -0.0354 e. The summed E-state index contributed by atoms with van der Waals surface area (Å²) in [6, 6.07) is 0. The van der Waals surface area contributed by atoms with Crippen LogP contribution in [0.4, 0.5) is 0 Å². The molecule has 0 radical (unpaired) electrons. The zero-order valence-electron chi connectivity index (χ0n) is 15.6. The van der Waals surface area contributed by atoms with E-state index in [9.17, 15) is 0 Å². The standard InChI is InChI=1S/C20H42/c1-8-10-15-20(6,7)16-12-11-14-18(4)19(5)17(3)13-9-2/h17-19H,8-16H2,1-7H3. The van der Waals surface area contributed by atoms with Gasteiger partial charge in [-0.05, 0) is 36.0 Å². The fourth-order valence-corrected chi connectivity index (χ4v) is 3.39. The van der Waals surface area contributed by atoms with E-state index >= 15 is 0 Å². The molecular weight excluding hydrogens is 240 g/mol. The van der Waals surface area contributed by atoms with Gasteiger partial charge in [-0.2, -0.15) is 0 Å². The van der Waals surface area contributed by atoms with E-state index in [0.29, 0.717) is 5.41 Å². The normalized spacial score (nSPS) is 16.9. The van der Waals surface area contributed by atoms with Crippen molar-refractivity contribution in [2.75, 3.05) is 0 Å². The predicted octanol–water partition coefficient (Wildman–Crippen LogP) is 7.47. The van der Waals surface area contributed by atoms with Crippen molar-refractivity contribution in [1.29, 1.82) is 0 Å². The minimum Gasteiger partial charge on any atom is -0.0654 e. The Bertz CT molecular complexity index is 216. The Labute approximate surface area is 130 Å². The van der Waals surface area contributed by atoms with Crippen molar-refractivity contribution >= 4 is 0 Å².